The number of esters is 1. The third kappa shape index (κ3) is 5.00. The molecule has 1 amide bonds. The molecule has 7 nitrogen and oxygen atoms in total. The van der Waals surface area contributed by atoms with Gasteiger partial charge in [-0.25, -0.2) is 4.79 Å². The molecule has 0 aromatic heterocycles. The molecule has 29 heavy (non-hydrogen) atoms. The van der Waals surface area contributed by atoms with Crippen molar-refractivity contribution in [3.63, 3.8) is 0 Å². The maximum absolute atomic E-state index is 12.9. The first-order valence-electron chi connectivity index (χ1n) is 10.4. The van der Waals surface area contributed by atoms with E-state index in [1.165, 1.54) is 0 Å². The van der Waals surface area contributed by atoms with E-state index >= 15 is 0 Å². The molecular weight excluding hydrogens is 371 g/mol. The second-order valence-electron chi connectivity index (χ2n) is 8.55. The number of carbonyl (C=O) groups is 2. The number of hydrogen-bond donors (Lipinski definition) is 2. The molecule has 0 unspecified atom stereocenters. The van der Waals surface area contributed by atoms with Gasteiger partial charge in [0.1, 0.15) is 6.04 Å². The number of hydrogen-bond acceptors (Lipinski definition) is 6. The zero-order valence-corrected chi connectivity index (χ0v) is 17.7. The van der Waals surface area contributed by atoms with Crippen molar-refractivity contribution in [3.8, 4) is 0 Å². The molecule has 3 rings (SSSR count). The molecule has 1 aromatic rings. The SMILES string of the molecule is Cc1c(C(=O)N[C@H](C(=O)OCC2CCN(C)CC2)C(C)C)ccc2c1B(O)OC2. The first-order chi connectivity index (χ1) is 13.8. The first-order valence-corrected chi connectivity index (χ1v) is 10.4. The number of rotatable bonds is 6. The Morgan fingerprint density at radius 2 is 2.03 bits per heavy atom. The van der Waals surface area contributed by atoms with Crippen molar-refractivity contribution in [1.29, 1.82) is 0 Å². The highest BCUT2D eigenvalue weighted by Gasteiger charge is 2.33. The van der Waals surface area contributed by atoms with Crippen LogP contribution in [0.5, 0.6) is 0 Å². The van der Waals surface area contributed by atoms with Crippen molar-refractivity contribution in [1.82, 2.24) is 10.2 Å². The molecule has 0 radical (unpaired) electrons. The molecule has 1 saturated heterocycles. The van der Waals surface area contributed by atoms with E-state index in [0.717, 1.165) is 31.5 Å². The molecule has 1 atom stereocenters. The lowest BCUT2D eigenvalue weighted by molar-refractivity contribution is -0.149. The van der Waals surface area contributed by atoms with Gasteiger partial charge in [-0.3, -0.25) is 4.79 Å². The molecule has 0 aliphatic carbocycles. The summed E-state index contributed by atoms with van der Waals surface area (Å²) in [7, 11) is 1.08. The van der Waals surface area contributed by atoms with Crippen LogP contribution in [0.15, 0.2) is 12.1 Å². The van der Waals surface area contributed by atoms with Gasteiger partial charge in [-0.2, -0.15) is 0 Å². The van der Waals surface area contributed by atoms with Crippen LogP contribution in [0.3, 0.4) is 0 Å². The van der Waals surface area contributed by atoms with Gasteiger partial charge in [-0.15, -0.1) is 0 Å². The lowest BCUT2D eigenvalue weighted by atomic mass is 9.75. The van der Waals surface area contributed by atoms with Gasteiger partial charge in [0.25, 0.3) is 5.91 Å². The van der Waals surface area contributed by atoms with E-state index in [0.29, 0.717) is 35.7 Å². The molecule has 2 heterocycles. The number of piperidine rings is 1. The molecule has 0 spiro atoms. The van der Waals surface area contributed by atoms with Crippen LogP contribution < -0.4 is 10.8 Å². The van der Waals surface area contributed by atoms with E-state index in [9.17, 15) is 14.6 Å². The van der Waals surface area contributed by atoms with E-state index in [1.54, 1.807) is 19.1 Å². The predicted molar refractivity (Wildman–Crippen MR) is 111 cm³/mol. The highest BCUT2D eigenvalue weighted by Crippen LogP contribution is 2.19. The average molecular weight is 402 g/mol. The highest BCUT2D eigenvalue weighted by atomic mass is 16.5. The average Bonchev–Trinajstić information content (AvgIpc) is 3.07. The molecule has 2 aliphatic heterocycles. The largest absolute Gasteiger partial charge is 0.492 e. The van der Waals surface area contributed by atoms with E-state index in [4.69, 9.17) is 9.39 Å². The van der Waals surface area contributed by atoms with Crippen LogP contribution in [0, 0.1) is 18.8 Å². The lowest BCUT2D eigenvalue weighted by Gasteiger charge is -2.29. The zero-order valence-electron chi connectivity index (χ0n) is 17.7. The Labute approximate surface area is 172 Å². The van der Waals surface area contributed by atoms with Crippen molar-refractivity contribution in [2.45, 2.75) is 46.3 Å². The van der Waals surface area contributed by atoms with E-state index in [-0.39, 0.29) is 11.8 Å². The summed E-state index contributed by atoms with van der Waals surface area (Å²) in [4.78, 5) is 27.8. The molecule has 1 fully saturated rings. The van der Waals surface area contributed by atoms with Crippen LogP contribution in [-0.2, 0) is 20.8 Å². The fourth-order valence-electron chi connectivity index (χ4n) is 3.99. The van der Waals surface area contributed by atoms with Crippen LogP contribution >= 0.6 is 0 Å². The zero-order chi connectivity index (χ0) is 21.1. The Kier molecular flexibility index (Phi) is 6.98. The minimum absolute atomic E-state index is 0.104. The number of amides is 1. The van der Waals surface area contributed by atoms with Crippen LogP contribution in [0.25, 0.3) is 0 Å². The Bertz CT molecular complexity index is 762. The van der Waals surface area contributed by atoms with Gasteiger partial charge in [0, 0.05) is 5.56 Å². The molecule has 8 heteroatoms. The van der Waals surface area contributed by atoms with Crippen molar-refractivity contribution in [3.05, 3.63) is 28.8 Å². The number of nitrogens with one attached hydrogen (secondary N) is 1. The van der Waals surface area contributed by atoms with Gasteiger partial charge in [0.15, 0.2) is 0 Å². The van der Waals surface area contributed by atoms with Crippen LogP contribution in [0.4, 0.5) is 0 Å². The van der Waals surface area contributed by atoms with Crippen LogP contribution in [0.1, 0.15) is 48.2 Å². The minimum Gasteiger partial charge on any atom is -0.464 e. The summed E-state index contributed by atoms with van der Waals surface area (Å²) >= 11 is 0. The monoisotopic (exact) mass is 402 g/mol. The summed E-state index contributed by atoms with van der Waals surface area (Å²) in [5, 5.41) is 12.8. The molecule has 0 bridgehead atoms. The number of benzene rings is 1. The molecule has 2 aliphatic rings. The number of fused-ring (bicyclic) bond motifs is 1. The van der Waals surface area contributed by atoms with E-state index in [1.807, 2.05) is 13.8 Å². The maximum atomic E-state index is 12.9. The Balaban J connectivity index is 1.63. The summed E-state index contributed by atoms with van der Waals surface area (Å²) in [6.45, 7) is 8.31. The van der Waals surface area contributed by atoms with Crippen molar-refractivity contribution in [2.24, 2.45) is 11.8 Å². The van der Waals surface area contributed by atoms with Gasteiger partial charge >= 0.3 is 13.1 Å². The van der Waals surface area contributed by atoms with Crippen LogP contribution in [-0.4, -0.2) is 61.7 Å². The Morgan fingerprint density at radius 1 is 1.34 bits per heavy atom. The van der Waals surface area contributed by atoms with Crippen molar-refractivity contribution < 1.29 is 24.0 Å². The van der Waals surface area contributed by atoms with Crippen molar-refractivity contribution >= 4 is 24.5 Å². The molecule has 2 N–H and O–H groups in total. The second kappa shape index (κ2) is 9.28. The quantitative estimate of drug-likeness (QED) is 0.542. The summed E-state index contributed by atoms with van der Waals surface area (Å²) in [6, 6.07) is 2.78. The van der Waals surface area contributed by atoms with Gasteiger partial charge in [-0.05, 0) is 74.4 Å². The van der Waals surface area contributed by atoms with Gasteiger partial charge in [0.2, 0.25) is 0 Å². The number of ether oxygens (including phenoxy) is 1. The fraction of sp³-hybridized carbons (Fsp3) is 0.619. The van der Waals surface area contributed by atoms with Crippen LogP contribution in [0.2, 0.25) is 0 Å². The maximum Gasteiger partial charge on any atom is 0.492 e. The first kappa shape index (κ1) is 21.8. The summed E-state index contributed by atoms with van der Waals surface area (Å²) < 4.78 is 10.8. The standard InChI is InChI=1S/C21H31BN2O5/c1-13(2)19(21(26)28-11-15-7-9-24(4)10-8-15)23-20(25)17-6-5-16-12-29-22(27)18(16)14(17)3/h5-6,13,15,19,27H,7-12H2,1-4H3,(H,23,25)/t19-/m0/s1. The predicted octanol–water partition coefficient (Wildman–Crippen LogP) is 0.852. The Morgan fingerprint density at radius 3 is 2.69 bits per heavy atom. The smallest absolute Gasteiger partial charge is 0.464 e. The fourth-order valence-corrected chi connectivity index (χ4v) is 3.99. The molecule has 1 aromatic carbocycles. The molecule has 158 valence electrons. The summed E-state index contributed by atoms with van der Waals surface area (Å²) in [6.07, 6.45) is 2.03. The second-order valence-corrected chi connectivity index (χ2v) is 8.55. The van der Waals surface area contributed by atoms with Crippen molar-refractivity contribution in [2.75, 3.05) is 26.7 Å². The van der Waals surface area contributed by atoms with Gasteiger partial charge in [-0.1, -0.05) is 19.9 Å². The van der Waals surface area contributed by atoms with E-state index in [2.05, 4.69) is 17.3 Å². The minimum atomic E-state index is -1.02. The third-order valence-electron chi connectivity index (χ3n) is 6.00. The topological polar surface area (TPSA) is 88.1 Å². The van der Waals surface area contributed by atoms with Gasteiger partial charge < -0.3 is 24.6 Å². The molecule has 0 saturated carbocycles. The summed E-state index contributed by atoms with van der Waals surface area (Å²) in [5.41, 5.74) is 2.63. The summed E-state index contributed by atoms with van der Waals surface area (Å²) in [5.74, 6) is -0.472. The highest BCUT2D eigenvalue weighted by molar-refractivity contribution is 6.62. The number of nitrogens with zero attached hydrogens (tertiary/aromatic N) is 1. The number of likely N-dealkylation sites (tertiary alicyclic amines) is 1. The normalized spacial score (nSPS) is 18.6. The Hall–Kier alpha value is -1.90. The molecular formula is C21H31BN2O5. The van der Waals surface area contributed by atoms with E-state index < -0.39 is 19.1 Å². The lowest BCUT2D eigenvalue weighted by Crippen LogP contribution is -2.46. The third-order valence-corrected chi connectivity index (χ3v) is 6.00. The van der Waals surface area contributed by atoms with Gasteiger partial charge in [0.05, 0.1) is 13.2 Å². The number of carbonyl (C=O) groups excluding carboxylic acids is 2.